The highest BCUT2D eigenvalue weighted by atomic mass is 19.4. The van der Waals surface area contributed by atoms with E-state index in [1.54, 1.807) is 0 Å². The number of hydrogen-bond donors (Lipinski definition) is 0. The molecular formula is C22H16F6O. The Labute approximate surface area is 164 Å². The highest BCUT2D eigenvalue weighted by Crippen LogP contribution is 2.42. The number of terminal acetylenes is 2. The van der Waals surface area contributed by atoms with Gasteiger partial charge in [-0.15, -0.1) is 12.8 Å². The zero-order chi connectivity index (χ0) is 21.7. The Balaban J connectivity index is 2.44. The van der Waals surface area contributed by atoms with Gasteiger partial charge in [0.05, 0.1) is 0 Å². The Morgan fingerprint density at radius 1 is 0.621 bits per heavy atom. The average Bonchev–Trinajstić information content (AvgIpc) is 2.66. The first kappa shape index (κ1) is 22.4. The van der Waals surface area contributed by atoms with Crippen molar-refractivity contribution in [1.82, 2.24) is 0 Å². The second-order valence-corrected chi connectivity index (χ2v) is 6.17. The fraction of sp³-hybridized carbons (Fsp3) is 0.273. The van der Waals surface area contributed by atoms with Crippen LogP contribution >= 0.6 is 0 Å². The molecule has 7 heteroatoms. The monoisotopic (exact) mass is 410 g/mol. The topological polar surface area (TPSA) is 9.23 Å². The van der Waals surface area contributed by atoms with E-state index >= 15 is 0 Å². The Bertz CT molecular complexity index is 785. The van der Waals surface area contributed by atoms with Gasteiger partial charge >= 0.3 is 12.4 Å². The van der Waals surface area contributed by atoms with Crippen LogP contribution in [-0.2, 0) is 4.74 Å². The van der Waals surface area contributed by atoms with Crippen molar-refractivity contribution in [3.63, 3.8) is 0 Å². The summed E-state index contributed by atoms with van der Waals surface area (Å²) in [6.45, 7) is 0. The number of benzene rings is 2. The molecule has 1 nitrogen and oxygen atoms in total. The molecule has 2 aromatic carbocycles. The first-order valence-electron chi connectivity index (χ1n) is 8.40. The summed E-state index contributed by atoms with van der Waals surface area (Å²) in [6, 6.07) is 13.2. The SMILES string of the molecule is C#CC(OC(C#C)C(c1ccccc1)C(F)(F)F)C(c1ccccc1)C(F)(F)F. The van der Waals surface area contributed by atoms with E-state index in [-0.39, 0.29) is 11.1 Å². The van der Waals surface area contributed by atoms with Crippen LogP contribution in [-0.4, -0.2) is 24.6 Å². The van der Waals surface area contributed by atoms with Crippen LogP contribution in [0.5, 0.6) is 0 Å². The van der Waals surface area contributed by atoms with Crippen molar-refractivity contribution in [1.29, 1.82) is 0 Å². The number of halogens is 6. The van der Waals surface area contributed by atoms with Crippen molar-refractivity contribution in [3.8, 4) is 24.7 Å². The van der Waals surface area contributed by atoms with Gasteiger partial charge in [0, 0.05) is 0 Å². The van der Waals surface area contributed by atoms with Gasteiger partial charge in [-0.1, -0.05) is 72.5 Å². The molecule has 0 aliphatic rings. The summed E-state index contributed by atoms with van der Waals surface area (Å²) in [7, 11) is 0. The summed E-state index contributed by atoms with van der Waals surface area (Å²) in [4.78, 5) is 0. The first-order valence-corrected chi connectivity index (χ1v) is 8.40. The Morgan fingerprint density at radius 2 is 0.931 bits per heavy atom. The second kappa shape index (κ2) is 9.07. The molecule has 0 aromatic heterocycles. The first-order chi connectivity index (χ1) is 13.6. The molecule has 0 radical (unpaired) electrons. The van der Waals surface area contributed by atoms with Crippen LogP contribution in [0.25, 0.3) is 0 Å². The quantitative estimate of drug-likeness (QED) is 0.439. The number of alkyl halides is 6. The molecule has 0 aliphatic carbocycles. The minimum atomic E-state index is -4.86. The van der Waals surface area contributed by atoms with Gasteiger partial charge in [0.15, 0.2) is 0 Å². The van der Waals surface area contributed by atoms with Crippen molar-refractivity contribution in [2.24, 2.45) is 0 Å². The lowest BCUT2D eigenvalue weighted by Gasteiger charge is -2.32. The summed E-state index contributed by atoms with van der Waals surface area (Å²) >= 11 is 0. The van der Waals surface area contributed by atoms with Gasteiger partial charge in [0.25, 0.3) is 0 Å². The average molecular weight is 410 g/mol. The standard InChI is InChI=1S/C22H16F6O/c1-3-17(19(21(23,24)25)15-11-7-5-8-12-15)29-18(4-2)20(22(26,27)28)16-13-9-6-10-14-16/h1-2,5-14,17-20H. The molecule has 0 heterocycles. The van der Waals surface area contributed by atoms with Crippen LogP contribution in [0.15, 0.2) is 60.7 Å². The normalized spacial score (nSPS) is 16.1. The predicted molar refractivity (Wildman–Crippen MR) is 96.8 cm³/mol. The van der Waals surface area contributed by atoms with Gasteiger partial charge in [-0.05, 0) is 11.1 Å². The van der Waals surface area contributed by atoms with Crippen LogP contribution in [0, 0.1) is 24.7 Å². The molecule has 4 atom stereocenters. The molecule has 0 spiro atoms. The summed E-state index contributed by atoms with van der Waals surface area (Å²) in [5, 5.41) is 0. The molecule has 4 unspecified atom stereocenters. The summed E-state index contributed by atoms with van der Waals surface area (Å²) < 4.78 is 87.4. The van der Waals surface area contributed by atoms with Crippen LogP contribution < -0.4 is 0 Å². The molecule has 0 fully saturated rings. The third kappa shape index (κ3) is 5.56. The lowest BCUT2D eigenvalue weighted by atomic mass is 9.90. The second-order valence-electron chi connectivity index (χ2n) is 6.17. The van der Waals surface area contributed by atoms with Crippen molar-refractivity contribution in [2.45, 2.75) is 36.4 Å². The Morgan fingerprint density at radius 3 is 1.17 bits per heavy atom. The summed E-state index contributed by atoms with van der Waals surface area (Å²) in [5.74, 6) is -1.03. The predicted octanol–water partition coefficient (Wildman–Crippen LogP) is 5.70. The van der Waals surface area contributed by atoms with Crippen LogP contribution in [0.3, 0.4) is 0 Å². The molecule has 0 saturated heterocycles. The largest absolute Gasteiger partial charge is 0.399 e. The molecule has 0 aliphatic heterocycles. The van der Waals surface area contributed by atoms with Gasteiger partial charge in [-0.2, -0.15) is 26.3 Å². The van der Waals surface area contributed by atoms with Crippen LogP contribution in [0.4, 0.5) is 26.3 Å². The van der Waals surface area contributed by atoms with Crippen LogP contribution in [0.1, 0.15) is 23.0 Å². The molecule has 0 bridgehead atoms. The fourth-order valence-corrected chi connectivity index (χ4v) is 2.98. The summed E-state index contributed by atoms with van der Waals surface area (Å²) in [6.07, 6.45) is -3.36. The molecular weight excluding hydrogens is 394 g/mol. The van der Waals surface area contributed by atoms with Gasteiger partial charge in [-0.3, -0.25) is 0 Å². The van der Waals surface area contributed by atoms with Gasteiger partial charge < -0.3 is 4.74 Å². The van der Waals surface area contributed by atoms with E-state index in [0.29, 0.717) is 0 Å². The molecule has 2 aromatic rings. The van der Waals surface area contributed by atoms with E-state index in [9.17, 15) is 26.3 Å². The van der Waals surface area contributed by atoms with E-state index in [0.717, 1.165) is 0 Å². The van der Waals surface area contributed by atoms with Crippen LogP contribution in [0.2, 0.25) is 0 Å². The molecule has 0 N–H and O–H groups in total. The zero-order valence-corrected chi connectivity index (χ0v) is 14.9. The molecule has 29 heavy (non-hydrogen) atoms. The van der Waals surface area contributed by atoms with E-state index in [1.807, 2.05) is 11.8 Å². The lowest BCUT2D eigenvalue weighted by Crippen LogP contribution is -2.40. The third-order valence-electron chi connectivity index (χ3n) is 4.25. The number of hydrogen-bond acceptors (Lipinski definition) is 1. The van der Waals surface area contributed by atoms with Crippen molar-refractivity contribution >= 4 is 0 Å². The maximum absolute atomic E-state index is 13.7. The van der Waals surface area contributed by atoms with E-state index in [1.165, 1.54) is 60.7 Å². The highest BCUT2D eigenvalue weighted by molar-refractivity contribution is 5.28. The maximum Gasteiger partial charge on any atom is 0.399 e. The van der Waals surface area contributed by atoms with Gasteiger partial charge in [0.1, 0.15) is 24.0 Å². The Kier molecular flexibility index (Phi) is 7.00. The van der Waals surface area contributed by atoms with Crippen molar-refractivity contribution in [2.75, 3.05) is 0 Å². The minimum absolute atomic E-state index is 0.234. The number of ether oxygens (including phenoxy) is 1. The molecule has 152 valence electrons. The third-order valence-corrected chi connectivity index (χ3v) is 4.25. The van der Waals surface area contributed by atoms with Crippen molar-refractivity contribution in [3.05, 3.63) is 71.8 Å². The van der Waals surface area contributed by atoms with Gasteiger partial charge in [-0.25, -0.2) is 0 Å². The van der Waals surface area contributed by atoms with E-state index < -0.39 is 36.4 Å². The van der Waals surface area contributed by atoms with E-state index in [4.69, 9.17) is 17.6 Å². The Hall–Kier alpha value is -2.90. The molecule has 0 saturated carbocycles. The smallest absolute Gasteiger partial charge is 0.348 e. The van der Waals surface area contributed by atoms with Gasteiger partial charge in [0.2, 0.25) is 0 Å². The van der Waals surface area contributed by atoms with Crippen molar-refractivity contribution < 1.29 is 31.1 Å². The van der Waals surface area contributed by atoms with E-state index in [2.05, 4.69) is 0 Å². The lowest BCUT2D eigenvalue weighted by molar-refractivity contribution is -0.195. The zero-order valence-electron chi connectivity index (χ0n) is 14.9. The number of rotatable bonds is 6. The fourth-order valence-electron chi connectivity index (χ4n) is 2.98. The maximum atomic E-state index is 13.7. The molecule has 2 rings (SSSR count). The molecule has 0 amide bonds. The highest BCUT2D eigenvalue weighted by Gasteiger charge is 2.50. The summed E-state index contributed by atoms with van der Waals surface area (Å²) in [5.41, 5.74) is -0.469. The minimum Gasteiger partial charge on any atom is -0.348 e.